The molecule has 4 nitrogen and oxygen atoms in total. The van der Waals surface area contributed by atoms with E-state index >= 15 is 0 Å². The average Bonchev–Trinajstić information content (AvgIpc) is 2.61. The van der Waals surface area contributed by atoms with E-state index in [1.807, 2.05) is 6.07 Å². The second-order valence-corrected chi connectivity index (χ2v) is 8.76. The molecule has 26 heavy (non-hydrogen) atoms. The Hall–Kier alpha value is -1.84. The summed E-state index contributed by atoms with van der Waals surface area (Å²) in [5, 5.41) is 19.6. The molecule has 2 aliphatic carbocycles. The van der Waals surface area contributed by atoms with Crippen LogP contribution in [-0.4, -0.2) is 22.2 Å². The van der Waals surface area contributed by atoms with E-state index in [-0.39, 0.29) is 22.0 Å². The van der Waals surface area contributed by atoms with Crippen molar-refractivity contribution in [1.29, 1.82) is 0 Å². The smallest absolute Gasteiger partial charge is 0.336 e. The van der Waals surface area contributed by atoms with Crippen molar-refractivity contribution in [2.75, 3.05) is 0 Å². The van der Waals surface area contributed by atoms with Crippen molar-refractivity contribution >= 4 is 11.9 Å². The van der Waals surface area contributed by atoms with Crippen molar-refractivity contribution in [2.45, 2.75) is 88.9 Å². The first kappa shape index (κ1) is 18.9. The molecule has 0 amide bonds. The van der Waals surface area contributed by atoms with Crippen LogP contribution < -0.4 is 0 Å². The maximum absolute atomic E-state index is 12.2. The molecule has 4 heteroatoms. The molecule has 2 fully saturated rings. The van der Waals surface area contributed by atoms with E-state index in [1.54, 1.807) is 0 Å². The Labute approximate surface area is 155 Å². The fraction of sp³-hybridized carbons (Fsp3) is 0.636. The molecular weight excluding hydrogens is 328 g/mol. The van der Waals surface area contributed by atoms with Gasteiger partial charge in [0, 0.05) is 0 Å². The molecule has 0 atom stereocenters. The second kappa shape index (κ2) is 7.05. The first-order valence-corrected chi connectivity index (χ1v) is 9.93. The number of hydrogen-bond donors (Lipinski definition) is 2. The molecule has 0 aromatic heterocycles. The monoisotopic (exact) mass is 358 g/mol. The van der Waals surface area contributed by atoms with E-state index < -0.39 is 11.9 Å². The van der Waals surface area contributed by atoms with Crippen molar-refractivity contribution < 1.29 is 19.8 Å². The van der Waals surface area contributed by atoms with Gasteiger partial charge in [-0.3, -0.25) is 0 Å². The summed E-state index contributed by atoms with van der Waals surface area (Å²) in [6, 6.07) is 3.45. The van der Waals surface area contributed by atoms with Gasteiger partial charge in [-0.05, 0) is 53.7 Å². The van der Waals surface area contributed by atoms with Crippen LogP contribution in [0, 0.1) is 0 Å². The fourth-order valence-electron chi connectivity index (χ4n) is 5.32. The number of rotatable bonds is 4. The summed E-state index contributed by atoms with van der Waals surface area (Å²) in [5.74, 6) is -2.26. The van der Waals surface area contributed by atoms with Gasteiger partial charge in [-0.1, -0.05) is 58.4 Å². The molecule has 1 aromatic carbocycles. The minimum atomic E-state index is -1.15. The lowest BCUT2D eigenvalue weighted by molar-refractivity contribution is 0.0647. The third kappa shape index (κ3) is 3.26. The van der Waals surface area contributed by atoms with Crippen LogP contribution in [0.2, 0.25) is 0 Å². The quantitative estimate of drug-likeness (QED) is 0.742. The van der Waals surface area contributed by atoms with Gasteiger partial charge >= 0.3 is 11.9 Å². The van der Waals surface area contributed by atoms with Gasteiger partial charge < -0.3 is 10.2 Å². The number of hydrogen-bond acceptors (Lipinski definition) is 2. The van der Waals surface area contributed by atoms with E-state index in [1.165, 1.54) is 18.9 Å². The highest BCUT2D eigenvalue weighted by molar-refractivity contribution is 6.03. The van der Waals surface area contributed by atoms with Crippen LogP contribution in [0.1, 0.15) is 110 Å². The fourth-order valence-corrected chi connectivity index (χ4v) is 5.32. The maximum atomic E-state index is 12.2. The number of carboxylic acids is 2. The summed E-state index contributed by atoms with van der Waals surface area (Å²) in [7, 11) is 0. The Morgan fingerprint density at radius 2 is 1.27 bits per heavy atom. The minimum Gasteiger partial charge on any atom is -0.478 e. The molecule has 0 heterocycles. The second-order valence-electron chi connectivity index (χ2n) is 8.76. The maximum Gasteiger partial charge on any atom is 0.336 e. The Balaban J connectivity index is 2.29. The van der Waals surface area contributed by atoms with E-state index in [0.29, 0.717) is 0 Å². The zero-order valence-corrected chi connectivity index (χ0v) is 15.9. The Kier molecular flexibility index (Phi) is 5.14. The zero-order valence-electron chi connectivity index (χ0n) is 15.9. The standard InChI is InChI=1S/C22H30O4/c1-21(11-5-3-6-12-21)16-10-9-15(19(23)24)17(20(25)26)18(16)22(2)13-7-4-8-14-22/h9-10H,3-8,11-14H2,1-2H3,(H,23,24)(H,25,26). The van der Waals surface area contributed by atoms with Crippen LogP contribution in [0.3, 0.4) is 0 Å². The summed E-state index contributed by atoms with van der Waals surface area (Å²) in [4.78, 5) is 24.0. The van der Waals surface area contributed by atoms with Gasteiger partial charge in [-0.25, -0.2) is 9.59 Å². The Bertz CT molecular complexity index is 707. The first-order chi connectivity index (χ1) is 12.3. The van der Waals surface area contributed by atoms with Gasteiger partial charge in [0.15, 0.2) is 0 Å². The average molecular weight is 358 g/mol. The predicted octanol–water partition coefficient (Wildman–Crippen LogP) is 5.53. The minimum absolute atomic E-state index is 0.0335. The van der Waals surface area contributed by atoms with Gasteiger partial charge in [-0.15, -0.1) is 0 Å². The van der Waals surface area contributed by atoms with Gasteiger partial charge in [0.05, 0.1) is 11.1 Å². The van der Waals surface area contributed by atoms with Crippen molar-refractivity contribution in [2.24, 2.45) is 0 Å². The number of carboxylic acid groups (broad SMARTS) is 2. The lowest BCUT2D eigenvalue weighted by Gasteiger charge is -2.43. The molecule has 3 rings (SSSR count). The van der Waals surface area contributed by atoms with E-state index in [4.69, 9.17) is 0 Å². The van der Waals surface area contributed by atoms with E-state index in [9.17, 15) is 19.8 Å². The van der Waals surface area contributed by atoms with Gasteiger partial charge in [0.25, 0.3) is 0 Å². The summed E-state index contributed by atoms with van der Waals surface area (Å²) >= 11 is 0. The highest BCUT2D eigenvalue weighted by atomic mass is 16.4. The molecule has 2 saturated carbocycles. The molecule has 0 spiro atoms. The molecule has 2 N–H and O–H groups in total. The topological polar surface area (TPSA) is 74.6 Å². The number of carbonyl (C=O) groups is 2. The van der Waals surface area contributed by atoms with Crippen LogP contribution in [0.15, 0.2) is 12.1 Å². The summed E-state index contributed by atoms with van der Waals surface area (Å²) < 4.78 is 0. The Morgan fingerprint density at radius 1 is 0.769 bits per heavy atom. The number of benzene rings is 1. The predicted molar refractivity (Wildman–Crippen MR) is 101 cm³/mol. The highest BCUT2D eigenvalue weighted by Gasteiger charge is 2.41. The largest absolute Gasteiger partial charge is 0.478 e. The zero-order chi connectivity index (χ0) is 18.9. The molecule has 0 bridgehead atoms. The molecule has 0 radical (unpaired) electrons. The summed E-state index contributed by atoms with van der Waals surface area (Å²) in [5.41, 5.74) is 1.55. The van der Waals surface area contributed by atoms with Crippen molar-refractivity contribution in [3.8, 4) is 0 Å². The van der Waals surface area contributed by atoms with Gasteiger partial charge in [-0.2, -0.15) is 0 Å². The van der Waals surface area contributed by atoms with E-state index in [0.717, 1.165) is 62.5 Å². The molecular formula is C22H30O4. The number of aromatic carboxylic acids is 2. The molecule has 0 aliphatic heterocycles. The lowest BCUT2D eigenvalue weighted by Crippen LogP contribution is -2.35. The molecule has 2 aliphatic rings. The normalized spacial score (nSPS) is 21.9. The van der Waals surface area contributed by atoms with Crippen LogP contribution in [0.25, 0.3) is 0 Å². The van der Waals surface area contributed by atoms with Crippen LogP contribution in [0.5, 0.6) is 0 Å². The van der Waals surface area contributed by atoms with Gasteiger partial charge in [0.2, 0.25) is 0 Å². The third-order valence-corrected chi connectivity index (χ3v) is 6.82. The molecule has 1 aromatic rings. The SMILES string of the molecule is CC1(c2ccc(C(=O)O)c(C(=O)O)c2C2(C)CCCCC2)CCCCC1. The van der Waals surface area contributed by atoms with Crippen molar-refractivity contribution in [3.05, 3.63) is 34.4 Å². The molecule has 0 unspecified atom stereocenters. The summed E-state index contributed by atoms with van der Waals surface area (Å²) in [6.07, 6.45) is 10.8. The Morgan fingerprint density at radius 3 is 1.73 bits per heavy atom. The first-order valence-electron chi connectivity index (χ1n) is 9.93. The third-order valence-electron chi connectivity index (χ3n) is 6.82. The summed E-state index contributed by atoms with van der Waals surface area (Å²) in [6.45, 7) is 4.39. The molecule has 142 valence electrons. The molecule has 0 saturated heterocycles. The van der Waals surface area contributed by atoms with Crippen LogP contribution in [-0.2, 0) is 10.8 Å². The lowest BCUT2D eigenvalue weighted by atomic mass is 9.61. The van der Waals surface area contributed by atoms with Crippen molar-refractivity contribution in [3.63, 3.8) is 0 Å². The van der Waals surface area contributed by atoms with Crippen LogP contribution >= 0.6 is 0 Å². The highest BCUT2D eigenvalue weighted by Crippen LogP contribution is 2.49. The van der Waals surface area contributed by atoms with Crippen molar-refractivity contribution in [1.82, 2.24) is 0 Å². The van der Waals surface area contributed by atoms with Gasteiger partial charge in [0.1, 0.15) is 0 Å². The van der Waals surface area contributed by atoms with Crippen LogP contribution in [0.4, 0.5) is 0 Å². The van der Waals surface area contributed by atoms with E-state index in [2.05, 4.69) is 13.8 Å².